The summed E-state index contributed by atoms with van der Waals surface area (Å²) in [5.74, 6) is 0. The number of nitrogens with one attached hydrogen (secondary N) is 2. The molecule has 1 aliphatic rings. The van der Waals surface area contributed by atoms with Crippen molar-refractivity contribution >= 4 is 10.0 Å². The highest BCUT2D eigenvalue weighted by Crippen LogP contribution is 2.23. The molecule has 0 aromatic carbocycles. The van der Waals surface area contributed by atoms with Crippen molar-refractivity contribution in [1.82, 2.24) is 19.8 Å². The minimum atomic E-state index is -3.43. The molecule has 2 heterocycles. The van der Waals surface area contributed by atoms with Crippen molar-refractivity contribution in [3.05, 3.63) is 11.9 Å². The van der Waals surface area contributed by atoms with Gasteiger partial charge >= 0.3 is 0 Å². The van der Waals surface area contributed by atoms with Crippen LogP contribution in [0.15, 0.2) is 11.1 Å². The summed E-state index contributed by atoms with van der Waals surface area (Å²) in [6, 6.07) is 0.0931. The number of H-pyrrole nitrogens is 1. The number of rotatable bonds is 4. The normalized spacial score (nSPS) is 18.4. The summed E-state index contributed by atoms with van der Waals surface area (Å²) in [4.78, 5) is 0.294. The summed E-state index contributed by atoms with van der Waals surface area (Å²) < 4.78 is 26.8. The summed E-state index contributed by atoms with van der Waals surface area (Å²) in [6.45, 7) is 5.87. The molecule has 2 rings (SSSR count). The lowest BCUT2D eigenvalue weighted by Crippen LogP contribution is -2.46. The molecule has 0 spiro atoms. The second-order valence-corrected chi connectivity index (χ2v) is 6.41. The fourth-order valence-electron chi connectivity index (χ4n) is 2.45. The molecular formula is C11H20N4O2S. The molecule has 1 aromatic heterocycles. The Balaban J connectivity index is 2.29. The van der Waals surface area contributed by atoms with Gasteiger partial charge in [-0.25, -0.2) is 8.42 Å². The maximum atomic E-state index is 12.6. The fraction of sp³-hybridized carbons (Fsp3) is 0.727. The van der Waals surface area contributed by atoms with Gasteiger partial charge in [-0.15, -0.1) is 0 Å². The number of piperidine rings is 1. The molecule has 0 unspecified atom stereocenters. The zero-order valence-electron chi connectivity index (χ0n) is 10.8. The van der Waals surface area contributed by atoms with Crippen molar-refractivity contribution in [2.24, 2.45) is 0 Å². The standard InChI is InChI=1S/C11H20N4O2S/c1-3-15(10-4-6-12-7-5-10)18(16,17)11-8-13-14-9(11)2/h8,10,12H,3-7H2,1-2H3,(H,13,14). The van der Waals surface area contributed by atoms with E-state index in [2.05, 4.69) is 15.5 Å². The molecular weight excluding hydrogens is 252 g/mol. The van der Waals surface area contributed by atoms with Crippen molar-refractivity contribution < 1.29 is 8.42 Å². The van der Waals surface area contributed by atoms with E-state index in [4.69, 9.17) is 0 Å². The Kier molecular flexibility index (Phi) is 4.04. The summed E-state index contributed by atoms with van der Waals surface area (Å²) in [5.41, 5.74) is 0.599. The Bertz CT molecular complexity index is 491. The van der Waals surface area contributed by atoms with Crippen LogP contribution >= 0.6 is 0 Å². The van der Waals surface area contributed by atoms with Gasteiger partial charge in [-0.3, -0.25) is 5.10 Å². The van der Waals surface area contributed by atoms with Crippen molar-refractivity contribution in [1.29, 1.82) is 0 Å². The van der Waals surface area contributed by atoms with E-state index < -0.39 is 10.0 Å². The molecule has 102 valence electrons. The second kappa shape index (κ2) is 5.38. The molecule has 18 heavy (non-hydrogen) atoms. The molecule has 0 saturated carbocycles. The second-order valence-electron chi connectivity index (χ2n) is 4.55. The molecule has 2 N–H and O–H groups in total. The smallest absolute Gasteiger partial charge is 0.246 e. The van der Waals surface area contributed by atoms with Crippen LogP contribution in [-0.4, -0.2) is 48.6 Å². The fourth-order valence-corrected chi connectivity index (χ4v) is 4.26. The molecule has 1 saturated heterocycles. The highest BCUT2D eigenvalue weighted by atomic mass is 32.2. The first kappa shape index (κ1) is 13.5. The molecule has 1 aliphatic heterocycles. The first-order valence-corrected chi connectivity index (χ1v) is 7.74. The maximum absolute atomic E-state index is 12.6. The molecule has 7 heteroatoms. The van der Waals surface area contributed by atoms with Gasteiger partial charge in [0, 0.05) is 12.6 Å². The van der Waals surface area contributed by atoms with Gasteiger partial charge in [-0.2, -0.15) is 9.40 Å². The van der Waals surface area contributed by atoms with Gasteiger partial charge in [0.15, 0.2) is 0 Å². The van der Waals surface area contributed by atoms with Crippen LogP contribution in [-0.2, 0) is 10.0 Å². The first-order chi connectivity index (χ1) is 8.57. The molecule has 0 aliphatic carbocycles. The third-order valence-corrected chi connectivity index (χ3v) is 5.54. The monoisotopic (exact) mass is 272 g/mol. The van der Waals surface area contributed by atoms with E-state index in [9.17, 15) is 8.42 Å². The zero-order valence-corrected chi connectivity index (χ0v) is 11.6. The Morgan fingerprint density at radius 2 is 2.11 bits per heavy atom. The Morgan fingerprint density at radius 3 is 2.61 bits per heavy atom. The Hall–Kier alpha value is -0.920. The maximum Gasteiger partial charge on any atom is 0.246 e. The van der Waals surface area contributed by atoms with Crippen LogP contribution in [0.2, 0.25) is 0 Å². The molecule has 1 fully saturated rings. The molecule has 0 atom stereocenters. The number of hydrogen-bond donors (Lipinski definition) is 2. The third-order valence-electron chi connectivity index (χ3n) is 3.40. The summed E-state index contributed by atoms with van der Waals surface area (Å²) in [7, 11) is -3.43. The van der Waals surface area contributed by atoms with Gasteiger partial charge in [-0.05, 0) is 32.9 Å². The quantitative estimate of drug-likeness (QED) is 0.835. The van der Waals surface area contributed by atoms with Gasteiger partial charge in [0.25, 0.3) is 0 Å². The van der Waals surface area contributed by atoms with Gasteiger partial charge in [0.05, 0.1) is 11.9 Å². The van der Waals surface area contributed by atoms with Crippen molar-refractivity contribution in [2.45, 2.75) is 37.6 Å². The van der Waals surface area contributed by atoms with E-state index in [1.807, 2.05) is 6.92 Å². The number of aromatic amines is 1. The van der Waals surface area contributed by atoms with Gasteiger partial charge in [-0.1, -0.05) is 6.92 Å². The average Bonchev–Trinajstić information content (AvgIpc) is 2.78. The van der Waals surface area contributed by atoms with E-state index >= 15 is 0 Å². The van der Waals surface area contributed by atoms with Crippen molar-refractivity contribution in [2.75, 3.05) is 19.6 Å². The largest absolute Gasteiger partial charge is 0.317 e. The van der Waals surface area contributed by atoms with Gasteiger partial charge in [0.1, 0.15) is 4.90 Å². The van der Waals surface area contributed by atoms with Gasteiger partial charge < -0.3 is 5.32 Å². The molecule has 1 aromatic rings. The van der Waals surface area contributed by atoms with E-state index in [0.717, 1.165) is 25.9 Å². The minimum absolute atomic E-state index is 0.0931. The van der Waals surface area contributed by atoms with Crippen LogP contribution in [0.3, 0.4) is 0 Å². The van der Waals surface area contributed by atoms with E-state index in [0.29, 0.717) is 17.1 Å². The van der Waals surface area contributed by atoms with Crippen LogP contribution in [0.5, 0.6) is 0 Å². The Labute approximate surface area is 108 Å². The summed E-state index contributed by atoms with van der Waals surface area (Å²) >= 11 is 0. The van der Waals surface area contributed by atoms with Crippen molar-refractivity contribution in [3.63, 3.8) is 0 Å². The minimum Gasteiger partial charge on any atom is -0.317 e. The lowest BCUT2D eigenvalue weighted by molar-refractivity contribution is 0.270. The lowest BCUT2D eigenvalue weighted by Gasteiger charge is -2.32. The van der Waals surface area contributed by atoms with E-state index in [-0.39, 0.29) is 6.04 Å². The number of hydrogen-bond acceptors (Lipinski definition) is 4. The van der Waals surface area contributed by atoms with Crippen LogP contribution in [0.4, 0.5) is 0 Å². The topological polar surface area (TPSA) is 78.1 Å². The summed E-state index contributed by atoms with van der Waals surface area (Å²) in [5, 5.41) is 9.75. The van der Waals surface area contributed by atoms with E-state index in [1.165, 1.54) is 6.20 Å². The van der Waals surface area contributed by atoms with Crippen molar-refractivity contribution in [3.8, 4) is 0 Å². The third kappa shape index (κ3) is 2.43. The van der Waals surface area contributed by atoms with E-state index in [1.54, 1.807) is 11.2 Å². The zero-order chi connectivity index (χ0) is 13.2. The SMILES string of the molecule is CCN(C1CCNCC1)S(=O)(=O)c1cn[nH]c1C. The highest BCUT2D eigenvalue weighted by Gasteiger charge is 2.32. The van der Waals surface area contributed by atoms with Crippen LogP contribution in [0, 0.1) is 6.92 Å². The number of aryl methyl sites for hydroxylation is 1. The molecule has 0 radical (unpaired) electrons. The highest BCUT2D eigenvalue weighted by molar-refractivity contribution is 7.89. The predicted octanol–water partition coefficient (Wildman–Crippen LogP) is 0.481. The number of aromatic nitrogens is 2. The van der Waals surface area contributed by atoms with Crippen LogP contribution < -0.4 is 5.32 Å². The average molecular weight is 272 g/mol. The lowest BCUT2D eigenvalue weighted by atomic mass is 10.1. The number of sulfonamides is 1. The first-order valence-electron chi connectivity index (χ1n) is 6.30. The molecule has 0 amide bonds. The van der Waals surface area contributed by atoms with Crippen LogP contribution in [0.25, 0.3) is 0 Å². The van der Waals surface area contributed by atoms with Crippen LogP contribution in [0.1, 0.15) is 25.5 Å². The Morgan fingerprint density at radius 1 is 1.44 bits per heavy atom. The molecule has 6 nitrogen and oxygen atoms in total. The van der Waals surface area contributed by atoms with Gasteiger partial charge in [0.2, 0.25) is 10.0 Å². The predicted molar refractivity (Wildman–Crippen MR) is 68.8 cm³/mol. The molecule has 0 bridgehead atoms. The number of nitrogens with zero attached hydrogens (tertiary/aromatic N) is 2. The summed E-state index contributed by atoms with van der Waals surface area (Å²) in [6.07, 6.45) is 3.13.